The Morgan fingerprint density at radius 2 is 2.07 bits per heavy atom. The van der Waals surface area contributed by atoms with Gasteiger partial charge in [-0.25, -0.2) is 0 Å². The van der Waals surface area contributed by atoms with Gasteiger partial charge in [0.05, 0.1) is 12.1 Å². The lowest BCUT2D eigenvalue weighted by atomic mass is 10.0. The van der Waals surface area contributed by atoms with Crippen LogP contribution in [0, 0.1) is 5.92 Å². The minimum atomic E-state index is -0.618. The fraction of sp³-hybridized carbons (Fsp3) is 0.818. The zero-order valence-electron chi connectivity index (χ0n) is 9.98. The molecular weight excluding hydrogens is 194 g/mol. The Balaban J connectivity index is 2.94. The predicted molar refractivity (Wildman–Crippen MR) is 56.2 cm³/mol. The zero-order chi connectivity index (χ0) is 11.8. The summed E-state index contributed by atoms with van der Waals surface area (Å²) < 4.78 is 5.76. The van der Waals surface area contributed by atoms with Crippen LogP contribution in [0.5, 0.6) is 0 Å². The van der Waals surface area contributed by atoms with E-state index in [2.05, 4.69) is 0 Å². The highest BCUT2D eigenvalue weighted by Gasteiger charge is 2.48. The largest absolute Gasteiger partial charge is 0.350 e. The summed E-state index contributed by atoms with van der Waals surface area (Å²) >= 11 is 0. The molecular formula is C11H19NO3. The smallest absolute Gasteiger partial charge is 0.222 e. The highest BCUT2D eigenvalue weighted by Crippen LogP contribution is 2.34. The first-order valence-electron chi connectivity index (χ1n) is 5.24. The van der Waals surface area contributed by atoms with E-state index in [1.807, 2.05) is 27.7 Å². The summed E-state index contributed by atoms with van der Waals surface area (Å²) in [6, 6.07) is -0.0577. The molecule has 0 N–H and O–H groups in total. The van der Waals surface area contributed by atoms with Crippen molar-refractivity contribution >= 4 is 12.2 Å². The Morgan fingerprint density at radius 1 is 1.53 bits per heavy atom. The maximum atomic E-state index is 11.5. The van der Waals surface area contributed by atoms with Crippen LogP contribution in [0.1, 0.15) is 34.6 Å². The SMILES string of the molecule is CC(=O)N1[C@H](C)[C@@H]([C@H](C)C=O)OC1(C)C. The second-order valence-corrected chi connectivity index (χ2v) is 4.65. The number of carbonyl (C=O) groups is 2. The summed E-state index contributed by atoms with van der Waals surface area (Å²) in [6.07, 6.45) is 0.669. The van der Waals surface area contributed by atoms with Gasteiger partial charge in [0, 0.05) is 12.8 Å². The van der Waals surface area contributed by atoms with Crippen LogP contribution >= 0.6 is 0 Å². The molecule has 4 nitrogen and oxygen atoms in total. The van der Waals surface area contributed by atoms with Crippen molar-refractivity contribution in [2.75, 3.05) is 0 Å². The van der Waals surface area contributed by atoms with Gasteiger partial charge < -0.3 is 14.4 Å². The zero-order valence-corrected chi connectivity index (χ0v) is 9.98. The van der Waals surface area contributed by atoms with Crippen molar-refractivity contribution < 1.29 is 14.3 Å². The molecule has 0 saturated carbocycles. The molecule has 1 saturated heterocycles. The molecule has 3 atom stereocenters. The molecule has 1 heterocycles. The van der Waals surface area contributed by atoms with Crippen LogP contribution in [0.2, 0.25) is 0 Å². The van der Waals surface area contributed by atoms with E-state index in [4.69, 9.17) is 4.74 Å². The Labute approximate surface area is 90.6 Å². The number of nitrogens with zero attached hydrogens (tertiary/aromatic N) is 1. The van der Waals surface area contributed by atoms with Gasteiger partial charge in [-0.3, -0.25) is 4.79 Å². The Kier molecular flexibility index (Phi) is 3.19. The second-order valence-electron chi connectivity index (χ2n) is 4.65. The third-order valence-electron chi connectivity index (χ3n) is 2.96. The average molecular weight is 213 g/mol. The first-order valence-corrected chi connectivity index (χ1v) is 5.24. The number of aldehydes is 1. The number of amides is 1. The van der Waals surface area contributed by atoms with Gasteiger partial charge in [0.2, 0.25) is 5.91 Å². The van der Waals surface area contributed by atoms with Crippen LogP contribution in [0.3, 0.4) is 0 Å². The molecule has 0 unspecified atom stereocenters. The monoisotopic (exact) mass is 213 g/mol. The molecule has 86 valence electrons. The van der Waals surface area contributed by atoms with Crippen molar-refractivity contribution in [2.45, 2.75) is 52.5 Å². The lowest BCUT2D eigenvalue weighted by Gasteiger charge is -2.31. The average Bonchev–Trinajstić information content (AvgIpc) is 2.35. The highest BCUT2D eigenvalue weighted by molar-refractivity contribution is 5.74. The molecule has 0 radical (unpaired) electrons. The van der Waals surface area contributed by atoms with Crippen molar-refractivity contribution in [1.82, 2.24) is 4.90 Å². The molecule has 0 spiro atoms. The van der Waals surface area contributed by atoms with Crippen molar-refractivity contribution in [3.63, 3.8) is 0 Å². The predicted octanol–water partition coefficient (Wildman–Crippen LogP) is 1.19. The third kappa shape index (κ3) is 2.04. The molecule has 1 amide bonds. The van der Waals surface area contributed by atoms with Crippen molar-refractivity contribution in [3.8, 4) is 0 Å². The van der Waals surface area contributed by atoms with Gasteiger partial charge in [-0.15, -0.1) is 0 Å². The molecule has 1 fully saturated rings. The number of carbonyl (C=O) groups excluding carboxylic acids is 2. The molecule has 0 aliphatic carbocycles. The van der Waals surface area contributed by atoms with E-state index < -0.39 is 5.72 Å². The van der Waals surface area contributed by atoms with E-state index >= 15 is 0 Å². The molecule has 1 rings (SSSR count). The minimum absolute atomic E-state index is 0.0203. The van der Waals surface area contributed by atoms with Crippen LogP contribution in [-0.2, 0) is 14.3 Å². The number of hydrogen-bond donors (Lipinski definition) is 0. The molecule has 0 aromatic rings. The van der Waals surface area contributed by atoms with E-state index in [-0.39, 0.29) is 24.0 Å². The van der Waals surface area contributed by atoms with E-state index in [0.29, 0.717) is 0 Å². The van der Waals surface area contributed by atoms with Crippen molar-refractivity contribution in [2.24, 2.45) is 5.92 Å². The summed E-state index contributed by atoms with van der Waals surface area (Å²) in [5, 5.41) is 0. The maximum Gasteiger partial charge on any atom is 0.222 e. The van der Waals surface area contributed by atoms with Gasteiger partial charge in [-0.1, -0.05) is 6.92 Å². The fourth-order valence-electron chi connectivity index (χ4n) is 2.42. The molecule has 0 aromatic carbocycles. The summed E-state index contributed by atoms with van der Waals surface area (Å²) in [6.45, 7) is 8.95. The molecule has 0 bridgehead atoms. The highest BCUT2D eigenvalue weighted by atomic mass is 16.5. The molecule has 4 heteroatoms. The van der Waals surface area contributed by atoms with E-state index in [1.165, 1.54) is 6.92 Å². The molecule has 1 aliphatic heterocycles. The summed E-state index contributed by atoms with van der Waals surface area (Å²) in [5.41, 5.74) is -0.618. The van der Waals surface area contributed by atoms with Crippen LogP contribution in [0.15, 0.2) is 0 Å². The fourth-order valence-corrected chi connectivity index (χ4v) is 2.42. The third-order valence-corrected chi connectivity index (χ3v) is 2.96. The maximum absolute atomic E-state index is 11.5. The van der Waals surface area contributed by atoms with Crippen molar-refractivity contribution in [1.29, 1.82) is 0 Å². The number of hydrogen-bond acceptors (Lipinski definition) is 3. The number of ether oxygens (including phenoxy) is 1. The van der Waals surface area contributed by atoms with Crippen LogP contribution < -0.4 is 0 Å². The summed E-state index contributed by atoms with van der Waals surface area (Å²) in [7, 11) is 0. The minimum Gasteiger partial charge on any atom is -0.350 e. The summed E-state index contributed by atoms with van der Waals surface area (Å²) in [5.74, 6) is -0.211. The van der Waals surface area contributed by atoms with E-state index in [1.54, 1.807) is 4.90 Å². The van der Waals surface area contributed by atoms with Crippen molar-refractivity contribution in [3.05, 3.63) is 0 Å². The van der Waals surface area contributed by atoms with Crippen LogP contribution in [-0.4, -0.2) is 35.0 Å². The van der Waals surface area contributed by atoms with Gasteiger partial charge in [-0.05, 0) is 20.8 Å². The standard InChI is InChI=1S/C11H19NO3/c1-7(6-13)10-8(2)12(9(3)14)11(4,5)15-10/h6-8,10H,1-5H3/t7-,8-,10-/m1/s1. The lowest BCUT2D eigenvalue weighted by molar-refractivity contribution is -0.145. The lowest BCUT2D eigenvalue weighted by Crippen LogP contribution is -2.46. The quantitative estimate of drug-likeness (QED) is 0.647. The van der Waals surface area contributed by atoms with Crippen LogP contribution in [0.25, 0.3) is 0 Å². The number of rotatable bonds is 2. The molecule has 1 aliphatic rings. The van der Waals surface area contributed by atoms with Gasteiger partial charge >= 0.3 is 0 Å². The first-order chi connectivity index (χ1) is 6.81. The normalized spacial score (nSPS) is 31.4. The van der Waals surface area contributed by atoms with E-state index in [0.717, 1.165) is 6.29 Å². The second kappa shape index (κ2) is 3.93. The van der Waals surface area contributed by atoms with Gasteiger partial charge in [0.25, 0.3) is 0 Å². The van der Waals surface area contributed by atoms with Crippen LogP contribution in [0.4, 0.5) is 0 Å². The first kappa shape index (κ1) is 12.2. The van der Waals surface area contributed by atoms with Gasteiger partial charge in [0.15, 0.2) is 0 Å². The van der Waals surface area contributed by atoms with Gasteiger partial charge in [0.1, 0.15) is 12.0 Å². The summed E-state index contributed by atoms with van der Waals surface area (Å²) in [4.78, 5) is 23.9. The Bertz CT molecular complexity index is 275. The topological polar surface area (TPSA) is 46.6 Å². The Hall–Kier alpha value is -0.900. The Morgan fingerprint density at radius 3 is 2.40 bits per heavy atom. The molecule has 0 aromatic heterocycles. The van der Waals surface area contributed by atoms with Gasteiger partial charge in [-0.2, -0.15) is 0 Å². The van der Waals surface area contributed by atoms with E-state index in [9.17, 15) is 9.59 Å². The molecule has 15 heavy (non-hydrogen) atoms.